The van der Waals surface area contributed by atoms with Crippen LogP contribution in [0.4, 0.5) is 4.79 Å². The number of alkyl carbamates (subject to hydrolysis) is 1. The molecule has 1 aliphatic rings. The lowest BCUT2D eigenvalue weighted by molar-refractivity contribution is -0.139. The number of hydrogen-bond donors (Lipinski definition) is 2. The Kier molecular flexibility index (Phi) is 6.66. The summed E-state index contributed by atoms with van der Waals surface area (Å²) in [5, 5.41) is 11.7. The Morgan fingerprint density at radius 2 is 1.64 bits per heavy atom. The van der Waals surface area contributed by atoms with Crippen LogP contribution in [-0.4, -0.2) is 43.0 Å². The lowest BCUT2D eigenvalue weighted by Crippen LogP contribution is -2.42. The van der Waals surface area contributed by atoms with Crippen LogP contribution in [0.2, 0.25) is 0 Å². The first kappa shape index (κ1) is 19.9. The fourth-order valence-electron chi connectivity index (χ4n) is 3.49. The highest BCUT2D eigenvalue weighted by molar-refractivity contribution is 5.81. The molecule has 2 aromatic rings. The zero-order valence-electron chi connectivity index (χ0n) is 15.9. The fourth-order valence-corrected chi connectivity index (χ4v) is 3.49. The van der Waals surface area contributed by atoms with Crippen LogP contribution in [0.5, 0.6) is 0 Å². The quantitative estimate of drug-likeness (QED) is 0.644. The maximum Gasteiger partial charge on any atom is 0.407 e. The van der Waals surface area contributed by atoms with Gasteiger partial charge in [0.05, 0.1) is 0 Å². The molecule has 6 nitrogen and oxygen atoms in total. The van der Waals surface area contributed by atoms with E-state index in [1.807, 2.05) is 43.3 Å². The molecular formula is C22H25NO5. The van der Waals surface area contributed by atoms with E-state index in [1.165, 1.54) is 0 Å². The molecule has 0 aromatic heterocycles. The van der Waals surface area contributed by atoms with Crippen molar-refractivity contribution in [3.8, 4) is 11.1 Å². The van der Waals surface area contributed by atoms with Crippen LogP contribution in [-0.2, 0) is 14.3 Å². The molecule has 3 rings (SSSR count). The maximum absolute atomic E-state index is 12.2. The first-order chi connectivity index (χ1) is 13.6. The van der Waals surface area contributed by atoms with Crippen molar-refractivity contribution in [2.24, 2.45) is 0 Å². The third-order valence-electron chi connectivity index (χ3n) is 4.83. The summed E-state index contributed by atoms with van der Waals surface area (Å²) in [6.07, 6.45) is 0.321. The van der Waals surface area contributed by atoms with Gasteiger partial charge in [-0.05, 0) is 28.7 Å². The molecule has 0 heterocycles. The summed E-state index contributed by atoms with van der Waals surface area (Å²) < 4.78 is 10.7. The highest BCUT2D eigenvalue weighted by Gasteiger charge is 2.29. The van der Waals surface area contributed by atoms with Gasteiger partial charge in [0.2, 0.25) is 0 Å². The van der Waals surface area contributed by atoms with E-state index >= 15 is 0 Å². The third kappa shape index (κ3) is 4.51. The molecule has 2 aromatic carbocycles. The van der Waals surface area contributed by atoms with Crippen LogP contribution in [0.1, 0.15) is 36.8 Å². The van der Waals surface area contributed by atoms with Gasteiger partial charge in [-0.25, -0.2) is 9.59 Å². The average molecular weight is 383 g/mol. The molecule has 0 saturated carbocycles. The third-order valence-corrected chi connectivity index (χ3v) is 4.83. The number of rotatable bonds is 9. The Labute approximate surface area is 164 Å². The number of carboxylic acids is 1. The van der Waals surface area contributed by atoms with E-state index in [1.54, 1.807) is 0 Å². The number of carbonyl (C=O) groups is 2. The zero-order valence-corrected chi connectivity index (χ0v) is 15.9. The van der Waals surface area contributed by atoms with Crippen LogP contribution >= 0.6 is 0 Å². The van der Waals surface area contributed by atoms with Gasteiger partial charge in [-0.1, -0.05) is 55.5 Å². The van der Waals surface area contributed by atoms with Crippen molar-refractivity contribution in [2.45, 2.75) is 31.7 Å². The van der Waals surface area contributed by atoms with Crippen molar-refractivity contribution in [1.82, 2.24) is 5.32 Å². The van der Waals surface area contributed by atoms with E-state index < -0.39 is 18.1 Å². The molecule has 148 valence electrons. The van der Waals surface area contributed by atoms with Gasteiger partial charge in [-0.15, -0.1) is 0 Å². The van der Waals surface area contributed by atoms with Crippen molar-refractivity contribution in [1.29, 1.82) is 0 Å². The molecule has 28 heavy (non-hydrogen) atoms. The molecule has 2 N–H and O–H groups in total. The minimum atomic E-state index is -1.10. The van der Waals surface area contributed by atoms with Crippen LogP contribution in [0.3, 0.4) is 0 Å². The second kappa shape index (κ2) is 9.37. The molecule has 6 heteroatoms. The van der Waals surface area contributed by atoms with Crippen LogP contribution < -0.4 is 5.32 Å². The van der Waals surface area contributed by atoms with Gasteiger partial charge >= 0.3 is 12.1 Å². The van der Waals surface area contributed by atoms with E-state index in [-0.39, 0.29) is 25.6 Å². The average Bonchev–Trinajstić information content (AvgIpc) is 3.02. The first-order valence-corrected chi connectivity index (χ1v) is 9.54. The second-order valence-electron chi connectivity index (χ2n) is 6.76. The first-order valence-electron chi connectivity index (χ1n) is 9.54. The second-order valence-corrected chi connectivity index (χ2v) is 6.76. The Bertz CT molecular complexity index is 790. The number of carboxylic acid groups (broad SMARTS) is 1. The fraction of sp³-hybridized carbons (Fsp3) is 0.364. The number of carbonyl (C=O) groups excluding carboxylic acids is 1. The van der Waals surface area contributed by atoms with Crippen LogP contribution in [0.15, 0.2) is 48.5 Å². The Balaban J connectivity index is 1.60. The minimum Gasteiger partial charge on any atom is -0.480 e. The van der Waals surface area contributed by atoms with E-state index in [0.29, 0.717) is 6.61 Å². The minimum absolute atomic E-state index is 0.0608. The monoisotopic (exact) mass is 383 g/mol. The SMILES string of the molecule is CCCOCC[C@H](NC(=O)OCC1c2ccccc2-c2ccccc21)C(=O)O. The van der Waals surface area contributed by atoms with E-state index in [0.717, 1.165) is 28.7 Å². The summed E-state index contributed by atoms with van der Waals surface area (Å²) in [5.74, 6) is -1.16. The number of aliphatic carboxylic acids is 1. The number of amides is 1. The van der Waals surface area contributed by atoms with Gasteiger partial charge in [0.15, 0.2) is 0 Å². The van der Waals surface area contributed by atoms with Crippen molar-refractivity contribution in [3.05, 3.63) is 59.7 Å². The van der Waals surface area contributed by atoms with Crippen molar-refractivity contribution in [2.75, 3.05) is 19.8 Å². The number of benzene rings is 2. The summed E-state index contributed by atoms with van der Waals surface area (Å²) in [6.45, 7) is 2.97. The van der Waals surface area contributed by atoms with Crippen molar-refractivity contribution < 1.29 is 24.2 Å². The summed E-state index contributed by atoms with van der Waals surface area (Å²) in [5.41, 5.74) is 4.51. The highest BCUT2D eigenvalue weighted by atomic mass is 16.5. The number of fused-ring (bicyclic) bond motifs is 3. The van der Waals surface area contributed by atoms with E-state index in [2.05, 4.69) is 17.4 Å². The van der Waals surface area contributed by atoms with Gasteiger partial charge in [0.1, 0.15) is 12.6 Å². The predicted octanol–water partition coefficient (Wildman–Crippen LogP) is 3.80. The Hall–Kier alpha value is -2.86. The van der Waals surface area contributed by atoms with Gasteiger partial charge in [-0.2, -0.15) is 0 Å². The Morgan fingerprint density at radius 3 is 2.21 bits per heavy atom. The largest absolute Gasteiger partial charge is 0.480 e. The molecule has 1 aliphatic carbocycles. The van der Waals surface area contributed by atoms with Crippen molar-refractivity contribution in [3.63, 3.8) is 0 Å². The lowest BCUT2D eigenvalue weighted by atomic mass is 9.98. The number of hydrogen-bond acceptors (Lipinski definition) is 4. The molecule has 1 amide bonds. The van der Waals surface area contributed by atoms with Gasteiger partial charge in [-0.3, -0.25) is 0 Å². The molecule has 0 saturated heterocycles. The van der Waals surface area contributed by atoms with Crippen molar-refractivity contribution >= 4 is 12.1 Å². The summed E-state index contributed by atoms with van der Waals surface area (Å²) >= 11 is 0. The summed E-state index contributed by atoms with van der Waals surface area (Å²) in [6, 6.07) is 15.1. The zero-order chi connectivity index (χ0) is 19.9. The molecule has 0 radical (unpaired) electrons. The number of nitrogens with one attached hydrogen (secondary N) is 1. The molecule has 0 spiro atoms. The van der Waals surface area contributed by atoms with E-state index in [9.17, 15) is 14.7 Å². The summed E-state index contributed by atoms with van der Waals surface area (Å²) in [7, 11) is 0. The van der Waals surface area contributed by atoms with Gasteiger partial charge in [0, 0.05) is 25.6 Å². The van der Waals surface area contributed by atoms with Gasteiger partial charge in [0.25, 0.3) is 0 Å². The molecular weight excluding hydrogens is 358 g/mol. The highest BCUT2D eigenvalue weighted by Crippen LogP contribution is 2.44. The molecule has 1 atom stereocenters. The van der Waals surface area contributed by atoms with Crippen LogP contribution in [0.25, 0.3) is 11.1 Å². The topological polar surface area (TPSA) is 84.9 Å². The smallest absolute Gasteiger partial charge is 0.407 e. The lowest BCUT2D eigenvalue weighted by Gasteiger charge is -2.17. The molecule has 0 bridgehead atoms. The number of ether oxygens (including phenoxy) is 2. The normalized spacial score (nSPS) is 13.5. The van der Waals surface area contributed by atoms with Crippen LogP contribution in [0, 0.1) is 0 Å². The van der Waals surface area contributed by atoms with E-state index in [4.69, 9.17) is 9.47 Å². The molecule has 0 fully saturated rings. The standard InChI is InChI=1S/C22H25NO5/c1-2-12-27-13-11-20(21(24)25)23-22(26)28-14-19-17-9-5-3-7-15(17)16-8-4-6-10-18(16)19/h3-10,19-20H,2,11-14H2,1H3,(H,23,26)(H,24,25)/t20-/m0/s1. The molecule has 0 aliphatic heterocycles. The Morgan fingerprint density at radius 1 is 1.04 bits per heavy atom. The maximum atomic E-state index is 12.2. The predicted molar refractivity (Wildman–Crippen MR) is 105 cm³/mol. The summed E-state index contributed by atoms with van der Waals surface area (Å²) in [4.78, 5) is 23.6. The van der Waals surface area contributed by atoms with Gasteiger partial charge < -0.3 is 19.9 Å². The molecule has 0 unspecified atom stereocenters.